The molecule has 0 amide bonds. The molecule has 0 aliphatic carbocycles. The lowest BCUT2D eigenvalue weighted by atomic mass is 10.1. The molecule has 146 valence electrons. The second-order valence-electron chi connectivity index (χ2n) is 6.73. The number of benzene rings is 2. The van der Waals surface area contributed by atoms with E-state index in [1.165, 1.54) is 30.3 Å². The monoisotopic (exact) mass is 432 g/mol. The van der Waals surface area contributed by atoms with Gasteiger partial charge in [-0.25, -0.2) is 17.5 Å². The van der Waals surface area contributed by atoms with E-state index in [0.29, 0.717) is 0 Å². The summed E-state index contributed by atoms with van der Waals surface area (Å²) in [7, 11) is -3.92. The molecule has 0 heterocycles. The zero-order chi connectivity index (χ0) is 20.4. The van der Waals surface area contributed by atoms with Gasteiger partial charge in [0.1, 0.15) is 5.82 Å². The van der Waals surface area contributed by atoms with Gasteiger partial charge in [-0.2, -0.15) is 0 Å². The predicted molar refractivity (Wildman–Crippen MR) is 104 cm³/mol. The first-order valence-corrected chi connectivity index (χ1v) is 10.6. The molecular formula is C17H18ClFN2O4S2. The number of rotatable bonds is 6. The highest BCUT2D eigenvalue weighted by molar-refractivity contribution is 7.98. The highest BCUT2D eigenvalue weighted by Crippen LogP contribution is 2.35. The lowest BCUT2D eigenvalue weighted by molar-refractivity contribution is -0.388. The zero-order valence-electron chi connectivity index (χ0n) is 14.8. The maximum Gasteiger partial charge on any atom is 0.284 e. The van der Waals surface area contributed by atoms with Crippen molar-refractivity contribution >= 4 is 39.1 Å². The Kier molecular flexibility index (Phi) is 6.51. The van der Waals surface area contributed by atoms with Gasteiger partial charge in [0.15, 0.2) is 0 Å². The second-order valence-corrected chi connectivity index (χ2v) is 9.84. The molecule has 10 heteroatoms. The van der Waals surface area contributed by atoms with E-state index in [4.69, 9.17) is 11.6 Å². The fraction of sp³-hybridized carbons (Fsp3) is 0.294. The molecule has 27 heavy (non-hydrogen) atoms. The molecule has 0 unspecified atom stereocenters. The summed E-state index contributed by atoms with van der Waals surface area (Å²) >= 11 is 6.98. The summed E-state index contributed by atoms with van der Waals surface area (Å²) in [6, 6.07) is 7.88. The Balaban J connectivity index is 2.35. The fourth-order valence-electron chi connectivity index (χ4n) is 2.21. The van der Waals surface area contributed by atoms with Crippen molar-refractivity contribution in [3.05, 3.63) is 62.9 Å². The largest absolute Gasteiger partial charge is 0.284 e. The van der Waals surface area contributed by atoms with Crippen molar-refractivity contribution in [2.45, 2.75) is 41.9 Å². The topological polar surface area (TPSA) is 89.3 Å². The smallest absolute Gasteiger partial charge is 0.258 e. The van der Waals surface area contributed by atoms with E-state index in [9.17, 15) is 22.9 Å². The standard InChI is InChI=1S/C17H18ClFN2O4S2/c1-17(2,3)20-27(24,25)11-7-8-16(15(9-11)21(22)23)26-10-12-13(18)5-4-6-14(12)19/h4-9,20H,10H2,1-3H3. The first-order chi connectivity index (χ1) is 12.4. The van der Waals surface area contributed by atoms with Crippen molar-refractivity contribution in [2.24, 2.45) is 0 Å². The average molecular weight is 433 g/mol. The number of hydrogen-bond donors (Lipinski definition) is 1. The molecular weight excluding hydrogens is 415 g/mol. The average Bonchev–Trinajstić information content (AvgIpc) is 2.52. The Morgan fingerprint density at radius 3 is 2.48 bits per heavy atom. The van der Waals surface area contributed by atoms with Gasteiger partial charge in [0, 0.05) is 27.9 Å². The van der Waals surface area contributed by atoms with Gasteiger partial charge >= 0.3 is 0 Å². The van der Waals surface area contributed by atoms with Crippen molar-refractivity contribution in [1.82, 2.24) is 4.72 Å². The number of thioether (sulfide) groups is 1. The molecule has 2 aromatic rings. The van der Waals surface area contributed by atoms with Gasteiger partial charge in [0.05, 0.1) is 14.7 Å². The lowest BCUT2D eigenvalue weighted by Gasteiger charge is -2.20. The van der Waals surface area contributed by atoms with Crippen LogP contribution in [0.2, 0.25) is 5.02 Å². The van der Waals surface area contributed by atoms with Crippen LogP contribution in [0.4, 0.5) is 10.1 Å². The van der Waals surface area contributed by atoms with Crippen LogP contribution in [-0.2, 0) is 15.8 Å². The molecule has 0 radical (unpaired) electrons. The van der Waals surface area contributed by atoms with Gasteiger partial charge in [-0.05, 0) is 45.0 Å². The van der Waals surface area contributed by atoms with Gasteiger partial charge in [-0.1, -0.05) is 17.7 Å². The molecule has 0 fully saturated rings. The Bertz CT molecular complexity index is 955. The third-order valence-corrected chi connectivity index (χ3v) is 6.51. The van der Waals surface area contributed by atoms with Crippen LogP contribution in [0.1, 0.15) is 26.3 Å². The van der Waals surface area contributed by atoms with Gasteiger partial charge in [0.2, 0.25) is 10.0 Å². The number of sulfonamides is 1. The van der Waals surface area contributed by atoms with Crippen LogP contribution in [0.3, 0.4) is 0 Å². The van der Waals surface area contributed by atoms with E-state index in [1.54, 1.807) is 20.8 Å². The minimum atomic E-state index is -3.92. The second kappa shape index (κ2) is 8.14. The summed E-state index contributed by atoms with van der Waals surface area (Å²) in [6.45, 7) is 5.00. The van der Waals surface area contributed by atoms with Crippen LogP contribution in [-0.4, -0.2) is 18.9 Å². The number of nitro groups is 1. The molecule has 0 saturated carbocycles. The van der Waals surface area contributed by atoms with Crippen LogP contribution >= 0.6 is 23.4 Å². The summed E-state index contributed by atoms with van der Waals surface area (Å²) in [5.74, 6) is -0.440. The van der Waals surface area contributed by atoms with Crippen molar-refractivity contribution in [3.63, 3.8) is 0 Å². The van der Waals surface area contributed by atoms with Crippen molar-refractivity contribution < 1.29 is 17.7 Å². The minimum Gasteiger partial charge on any atom is -0.258 e. The molecule has 0 atom stereocenters. The summed E-state index contributed by atoms with van der Waals surface area (Å²) < 4.78 is 41.1. The molecule has 2 rings (SSSR count). The molecule has 0 aromatic heterocycles. The van der Waals surface area contributed by atoms with E-state index in [0.717, 1.165) is 17.8 Å². The van der Waals surface area contributed by atoms with Crippen LogP contribution in [0, 0.1) is 15.9 Å². The maximum atomic E-state index is 13.9. The zero-order valence-corrected chi connectivity index (χ0v) is 17.2. The molecule has 1 N–H and O–H groups in total. The van der Waals surface area contributed by atoms with Gasteiger partial charge in [0.25, 0.3) is 5.69 Å². The Labute approximate surface area is 166 Å². The minimum absolute atomic E-state index is 0.0681. The van der Waals surface area contributed by atoms with Crippen LogP contribution in [0.25, 0.3) is 0 Å². The number of nitrogens with one attached hydrogen (secondary N) is 1. The highest BCUT2D eigenvalue weighted by Gasteiger charge is 2.25. The van der Waals surface area contributed by atoms with Crippen molar-refractivity contribution in [2.75, 3.05) is 0 Å². The van der Waals surface area contributed by atoms with E-state index >= 15 is 0 Å². The quantitative estimate of drug-likeness (QED) is 0.404. The number of nitrogens with zero attached hydrogens (tertiary/aromatic N) is 1. The number of nitro benzene ring substituents is 1. The lowest BCUT2D eigenvalue weighted by Crippen LogP contribution is -2.40. The molecule has 0 spiro atoms. The van der Waals surface area contributed by atoms with Crippen LogP contribution < -0.4 is 4.72 Å². The highest BCUT2D eigenvalue weighted by atomic mass is 35.5. The van der Waals surface area contributed by atoms with Crippen molar-refractivity contribution in [1.29, 1.82) is 0 Å². The molecule has 2 aromatic carbocycles. The van der Waals surface area contributed by atoms with E-state index < -0.39 is 26.3 Å². The van der Waals surface area contributed by atoms with E-state index in [1.807, 2.05) is 0 Å². The molecule has 0 aliphatic rings. The van der Waals surface area contributed by atoms with Gasteiger partial charge in [-0.15, -0.1) is 11.8 Å². The summed E-state index contributed by atoms with van der Waals surface area (Å²) in [5.41, 5.74) is -0.878. The van der Waals surface area contributed by atoms with Crippen molar-refractivity contribution in [3.8, 4) is 0 Å². The van der Waals surface area contributed by atoms with E-state index in [2.05, 4.69) is 4.72 Å². The van der Waals surface area contributed by atoms with E-state index in [-0.39, 0.29) is 31.8 Å². The summed E-state index contributed by atoms with van der Waals surface area (Å²) in [4.78, 5) is 10.7. The Morgan fingerprint density at radius 1 is 1.26 bits per heavy atom. The molecule has 0 aliphatic heterocycles. The van der Waals surface area contributed by atoms with Crippen LogP contribution in [0.15, 0.2) is 46.2 Å². The normalized spacial score (nSPS) is 12.2. The third-order valence-electron chi connectivity index (χ3n) is 3.31. The predicted octanol–water partition coefficient (Wildman–Crippen LogP) is 4.76. The third kappa shape index (κ3) is 5.65. The molecule has 0 saturated heterocycles. The summed E-state index contributed by atoms with van der Waals surface area (Å²) in [6.07, 6.45) is 0. The molecule has 6 nitrogen and oxygen atoms in total. The Morgan fingerprint density at radius 2 is 1.93 bits per heavy atom. The van der Waals surface area contributed by atoms with Gasteiger partial charge in [-0.3, -0.25) is 10.1 Å². The fourth-order valence-corrected chi connectivity index (χ4v) is 5.00. The number of hydrogen-bond acceptors (Lipinski definition) is 5. The SMILES string of the molecule is CC(C)(C)NS(=O)(=O)c1ccc(SCc2c(F)cccc2Cl)c([N+](=O)[O-])c1. The molecule has 0 bridgehead atoms. The first kappa shape index (κ1) is 21.6. The number of halogens is 2. The van der Waals surface area contributed by atoms with Gasteiger partial charge < -0.3 is 0 Å². The van der Waals surface area contributed by atoms with Crippen LogP contribution in [0.5, 0.6) is 0 Å². The summed E-state index contributed by atoms with van der Waals surface area (Å²) in [5, 5.41) is 11.6. The maximum absolute atomic E-state index is 13.9. The first-order valence-electron chi connectivity index (χ1n) is 7.79. The Hall–Kier alpha value is -1.68.